The molecule has 0 unspecified atom stereocenters. The highest BCUT2D eigenvalue weighted by Gasteiger charge is 2.30. The number of carbonyl (C=O) groups excluding carboxylic acids is 1. The largest absolute Gasteiger partial charge is 0.336 e. The number of carbonyl (C=O) groups is 1. The van der Waals surface area contributed by atoms with Crippen LogP contribution in [-0.2, 0) is 4.79 Å². The average Bonchev–Trinajstić information content (AvgIpc) is 2.77. The van der Waals surface area contributed by atoms with Crippen LogP contribution in [0.4, 0.5) is 0 Å². The molecule has 1 fully saturated rings. The van der Waals surface area contributed by atoms with Crippen LogP contribution in [-0.4, -0.2) is 17.4 Å². The maximum absolute atomic E-state index is 12.3. The van der Waals surface area contributed by atoms with Crippen LogP contribution in [0.15, 0.2) is 24.3 Å². The van der Waals surface area contributed by atoms with Crippen molar-refractivity contribution in [1.29, 1.82) is 0 Å². The third-order valence-corrected chi connectivity index (χ3v) is 3.70. The van der Waals surface area contributed by atoms with E-state index in [1.54, 1.807) is 0 Å². The van der Waals surface area contributed by atoms with Crippen molar-refractivity contribution >= 4 is 5.91 Å². The highest BCUT2D eigenvalue weighted by molar-refractivity contribution is 5.77. The fourth-order valence-electron chi connectivity index (χ4n) is 2.82. The van der Waals surface area contributed by atoms with Gasteiger partial charge in [0.1, 0.15) is 0 Å². The van der Waals surface area contributed by atoms with Gasteiger partial charge in [0.05, 0.1) is 6.04 Å². The Hall–Kier alpha value is -1.31. The molecule has 1 aromatic carbocycles. The average molecular weight is 245 g/mol. The Balaban J connectivity index is 2.18. The molecule has 2 heteroatoms. The molecule has 1 aliphatic heterocycles. The molecule has 1 heterocycles. The van der Waals surface area contributed by atoms with Crippen molar-refractivity contribution in [2.75, 3.05) is 6.54 Å². The van der Waals surface area contributed by atoms with Gasteiger partial charge in [-0.1, -0.05) is 38.1 Å². The van der Waals surface area contributed by atoms with E-state index in [1.165, 1.54) is 11.1 Å². The van der Waals surface area contributed by atoms with Gasteiger partial charge in [0, 0.05) is 13.0 Å². The molecule has 0 radical (unpaired) electrons. The van der Waals surface area contributed by atoms with Crippen LogP contribution in [0.2, 0.25) is 0 Å². The summed E-state index contributed by atoms with van der Waals surface area (Å²) >= 11 is 0. The number of hydrogen-bond donors (Lipinski definition) is 0. The Morgan fingerprint density at radius 3 is 2.78 bits per heavy atom. The highest BCUT2D eigenvalue weighted by atomic mass is 16.2. The lowest BCUT2D eigenvalue weighted by Gasteiger charge is -2.27. The quantitative estimate of drug-likeness (QED) is 0.795. The molecule has 1 atom stereocenters. The third-order valence-electron chi connectivity index (χ3n) is 3.70. The maximum Gasteiger partial charge on any atom is 0.223 e. The first-order valence-corrected chi connectivity index (χ1v) is 6.94. The lowest BCUT2D eigenvalue weighted by Crippen LogP contribution is -2.31. The first-order chi connectivity index (χ1) is 8.59. The van der Waals surface area contributed by atoms with Gasteiger partial charge in [-0.05, 0) is 36.8 Å². The number of aryl methyl sites for hydroxylation is 1. The van der Waals surface area contributed by atoms with Crippen LogP contribution in [0.3, 0.4) is 0 Å². The number of likely N-dealkylation sites (tertiary alicyclic amines) is 1. The molecule has 0 bridgehead atoms. The van der Waals surface area contributed by atoms with E-state index in [0.717, 1.165) is 19.4 Å². The molecular weight excluding hydrogens is 222 g/mol. The summed E-state index contributed by atoms with van der Waals surface area (Å²) in [5, 5.41) is 0. The normalized spacial score (nSPS) is 19.6. The van der Waals surface area contributed by atoms with Crippen molar-refractivity contribution in [2.45, 2.75) is 46.1 Å². The molecule has 0 N–H and O–H groups in total. The van der Waals surface area contributed by atoms with Gasteiger partial charge in [-0.2, -0.15) is 0 Å². The first kappa shape index (κ1) is 13.1. The number of nitrogens with zero attached hydrogens (tertiary/aromatic N) is 1. The molecule has 1 saturated heterocycles. The second-order valence-corrected chi connectivity index (χ2v) is 5.70. The zero-order valence-corrected chi connectivity index (χ0v) is 11.6. The smallest absolute Gasteiger partial charge is 0.223 e. The van der Waals surface area contributed by atoms with Gasteiger partial charge in [0.15, 0.2) is 0 Å². The van der Waals surface area contributed by atoms with Crippen LogP contribution < -0.4 is 0 Å². The molecule has 2 rings (SSSR count). The Labute approximate surface area is 110 Å². The van der Waals surface area contributed by atoms with Gasteiger partial charge in [-0.3, -0.25) is 4.79 Å². The van der Waals surface area contributed by atoms with Gasteiger partial charge in [-0.15, -0.1) is 0 Å². The van der Waals surface area contributed by atoms with E-state index in [1.807, 2.05) is 0 Å². The molecule has 18 heavy (non-hydrogen) atoms. The van der Waals surface area contributed by atoms with Crippen molar-refractivity contribution < 1.29 is 4.79 Å². The minimum atomic E-state index is 0.303. The summed E-state index contributed by atoms with van der Waals surface area (Å²) in [5.41, 5.74) is 2.62. The third kappa shape index (κ3) is 2.74. The standard InChI is InChI=1S/C16H23NO/c1-12(2)11-16(18)17-10-6-9-15(17)14-8-5-4-7-13(14)3/h4-5,7-8,12,15H,6,9-11H2,1-3H3/t15-/m1/s1. The summed E-state index contributed by atoms with van der Waals surface area (Å²) in [7, 11) is 0. The number of benzene rings is 1. The summed E-state index contributed by atoms with van der Waals surface area (Å²) in [6.07, 6.45) is 2.90. The monoisotopic (exact) mass is 245 g/mol. The predicted octanol–water partition coefficient (Wildman–Crippen LogP) is 3.70. The SMILES string of the molecule is Cc1ccccc1[C@H]1CCCN1C(=O)CC(C)C. The zero-order chi connectivity index (χ0) is 13.1. The lowest BCUT2D eigenvalue weighted by molar-refractivity contribution is -0.132. The molecule has 0 saturated carbocycles. The van der Waals surface area contributed by atoms with Crippen LogP contribution in [0.5, 0.6) is 0 Å². The van der Waals surface area contributed by atoms with Crippen molar-refractivity contribution in [2.24, 2.45) is 5.92 Å². The minimum absolute atomic E-state index is 0.303. The van der Waals surface area contributed by atoms with Gasteiger partial charge in [0.25, 0.3) is 0 Å². The molecule has 1 amide bonds. The van der Waals surface area contributed by atoms with Crippen LogP contribution >= 0.6 is 0 Å². The minimum Gasteiger partial charge on any atom is -0.336 e. The highest BCUT2D eigenvalue weighted by Crippen LogP contribution is 2.34. The first-order valence-electron chi connectivity index (χ1n) is 6.94. The molecule has 0 aromatic heterocycles. The Bertz CT molecular complexity index is 425. The fourth-order valence-corrected chi connectivity index (χ4v) is 2.82. The van der Waals surface area contributed by atoms with Crippen molar-refractivity contribution in [3.63, 3.8) is 0 Å². The molecule has 98 valence electrons. The molecule has 1 aromatic rings. The summed E-state index contributed by atoms with van der Waals surface area (Å²) < 4.78 is 0. The second kappa shape index (κ2) is 5.55. The van der Waals surface area contributed by atoms with E-state index < -0.39 is 0 Å². The number of rotatable bonds is 3. The van der Waals surface area contributed by atoms with E-state index >= 15 is 0 Å². The number of hydrogen-bond acceptors (Lipinski definition) is 1. The van der Waals surface area contributed by atoms with Crippen molar-refractivity contribution in [3.05, 3.63) is 35.4 Å². The fraction of sp³-hybridized carbons (Fsp3) is 0.562. The van der Waals surface area contributed by atoms with Gasteiger partial charge in [0.2, 0.25) is 5.91 Å². The van der Waals surface area contributed by atoms with E-state index in [9.17, 15) is 4.79 Å². The molecule has 0 spiro atoms. The predicted molar refractivity (Wildman–Crippen MR) is 74.3 cm³/mol. The van der Waals surface area contributed by atoms with E-state index in [-0.39, 0.29) is 0 Å². The van der Waals surface area contributed by atoms with Crippen molar-refractivity contribution in [1.82, 2.24) is 4.90 Å². The Kier molecular flexibility index (Phi) is 4.05. The lowest BCUT2D eigenvalue weighted by atomic mass is 9.99. The molecule has 2 nitrogen and oxygen atoms in total. The number of amides is 1. The molecular formula is C16H23NO. The van der Waals surface area contributed by atoms with E-state index in [2.05, 4.69) is 49.9 Å². The Morgan fingerprint density at radius 2 is 2.11 bits per heavy atom. The summed E-state index contributed by atoms with van der Waals surface area (Å²) in [5.74, 6) is 0.756. The summed E-state index contributed by atoms with van der Waals surface area (Å²) in [6.45, 7) is 7.27. The second-order valence-electron chi connectivity index (χ2n) is 5.70. The molecule has 0 aliphatic carbocycles. The summed E-state index contributed by atoms with van der Waals surface area (Å²) in [6, 6.07) is 8.75. The topological polar surface area (TPSA) is 20.3 Å². The van der Waals surface area contributed by atoms with Crippen molar-refractivity contribution in [3.8, 4) is 0 Å². The van der Waals surface area contributed by atoms with Gasteiger partial charge in [-0.25, -0.2) is 0 Å². The summed E-state index contributed by atoms with van der Waals surface area (Å²) in [4.78, 5) is 14.4. The maximum atomic E-state index is 12.3. The zero-order valence-electron chi connectivity index (χ0n) is 11.6. The van der Waals surface area contributed by atoms with Crippen LogP contribution in [0.1, 0.15) is 50.3 Å². The van der Waals surface area contributed by atoms with Crippen LogP contribution in [0, 0.1) is 12.8 Å². The Morgan fingerprint density at radius 1 is 1.39 bits per heavy atom. The van der Waals surface area contributed by atoms with E-state index in [4.69, 9.17) is 0 Å². The van der Waals surface area contributed by atoms with Gasteiger partial charge < -0.3 is 4.90 Å². The van der Waals surface area contributed by atoms with Crippen LogP contribution in [0.25, 0.3) is 0 Å². The van der Waals surface area contributed by atoms with E-state index in [0.29, 0.717) is 24.3 Å². The van der Waals surface area contributed by atoms with Gasteiger partial charge >= 0.3 is 0 Å². The molecule has 1 aliphatic rings.